The summed E-state index contributed by atoms with van der Waals surface area (Å²) in [6, 6.07) is 0. The molecule has 0 aromatic rings. The van der Waals surface area contributed by atoms with E-state index in [1.807, 2.05) is 0 Å². The molecule has 0 aromatic carbocycles. The Morgan fingerprint density at radius 3 is 0.782 bits per heavy atom. The van der Waals surface area contributed by atoms with Gasteiger partial charge in [-0.15, -0.1) is 0 Å². The molecular weight excluding hydrogens is 961 g/mol. The van der Waals surface area contributed by atoms with Gasteiger partial charge in [0.05, 0.1) is 0 Å². The van der Waals surface area contributed by atoms with Crippen molar-refractivity contribution < 1.29 is 28.6 Å². The molecule has 0 saturated carbocycles. The zero-order valence-electron chi connectivity index (χ0n) is 52.5. The first kappa shape index (κ1) is 75.4. The second kappa shape index (κ2) is 66.9. The molecule has 0 aromatic heterocycles. The molecule has 0 saturated heterocycles. The van der Waals surface area contributed by atoms with Crippen LogP contribution in [-0.2, 0) is 28.6 Å². The molecule has 6 nitrogen and oxygen atoms in total. The van der Waals surface area contributed by atoms with Gasteiger partial charge in [-0.2, -0.15) is 0 Å². The summed E-state index contributed by atoms with van der Waals surface area (Å²) in [5.74, 6) is -0.864. The van der Waals surface area contributed by atoms with Gasteiger partial charge in [-0.05, 0) is 57.8 Å². The standard InChI is InChI=1S/C72H132O6/c1-4-7-10-13-16-18-20-22-24-26-28-30-32-33-34-35-36-37-38-39-41-42-44-46-48-50-52-54-56-59-62-65-71(74)77-68-69(67-76-70(73)64-61-58-15-12-9-6-3)78-72(75)66-63-60-57-55-53-51-49-47-45-43-40-31-29-27-25-23-21-19-17-14-11-8-5-2/h8,11,17,19,23,25,29,31,69H,4-7,9-10,12-16,18,20-22,24,26-28,30,32-68H2,1-3H3/b11-8-,19-17-,25-23-,31-29-. The van der Waals surface area contributed by atoms with Crippen LogP contribution in [0.1, 0.15) is 374 Å². The maximum atomic E-state index is 12.9. The Balaban J connectivity index is 3.97. The van der Waals surface area contributed by atoms with E-state index >= 15 is 0 Å². The Morgan fingerprint density at radius 2 is 0.500 bits per heavy atom. The summed E-state index contributed by atoms with van der Waals surface area (Å²) < 4.78 is 16.8. The number of esters is 3. The van der Waals surface area contributed by atoms with Gasteiger partial charge in [0.15, 0.2) is 6.10 Å². The maximum absolute atomic E-state index is 12.9. The van der Waals surface area contributed by atoms with Crippen LogP contribution in [0, 0.1) is 0 Å². The molecule has 0 N–H and O–H groups in total. The van der Waals surface area contributed by atoms with E-state index in [2.05, 4.69) is 69.4 Å². The van der Waals surface area contributed by atoms with E-state index in [1.54, 1.807) is 0 Å². The molecule has 0 spiro atoms. The zero-order chi connectivity index (χ0) is 56.4. The zero-order valence-corrected chi connectivity index (χ0v) is 52.5. The van der Waals surface area contributed by atoms with E-state index in [0.29, 0.717) is 19.3 Å². The van der Waals surface area contributed by atoms with Crippen molar-refractivity contribution in [1.82, 2.24) is 0 Å². The lowest BCUT2D eigenvalue weighted by atomic mass is 10.0. The number of carbonyl (C=O) groups excluding carboxylic acids is 3. The van der Waals surface area contributed by atoms with E-state index in [-0.39, 0.29) is 31.1 Å². The Kier molecular flexibility index (Phi) is 64.6. The Hall–Kier alpha value is -2.63. The van der Waals surface area contributed by atoms with Crippen molar-refractivity contribution in [3.05, 3.63) is 48.6 Å². The van der Waals surface area contributed by atoms with Gasteiger partial charge in [0.25, 0.3) is 0 Å². The van der Waals surface area contributed by atoms with Crippen LogP contribution in [0.2, 0.25) is 0 Å². The third-order valence-corrected chi connectivity index (χ3v) is 15.6. The smallest absolute Gasteiger partial charge is 0.306 e. The molecule has 0 radical (unpaired) electrons. The minimum Gasteiger partial charge on any atom is -0.462 e. The van der Waals surface area contributed by atoms with Crippen molar-refractivity contribution >= 4 is 17.9 Å². The highest BCUT2D eigenvalue weighted by molar-refractivity contribution is 5.71. The molecule has 0 aliphatic carbocycles. The van der Waals surface area contributed by atoms with Gasteiger partial charge < -0.3 is 14.2 Å². The third-order valence-electron chi connectivity index (χ3n) is 15.6. The summed E-state index contributed by atoms with van der Waals surface area (Å²) in [6.45, 7) is 6.52. The van der Waals surface area contributed by atoms with Crippen LogP contribution >= 0.6 is 0 Å². The predicted octanol–water partition coefficient (Wildman–Crippen LogP) is 23.7. The molecule has 0 rings (SSSR count). The van der Waals surface area contributed by atoms with E-state index in [9.17, 15) is 14.4 Å². The van der Waals surface area contributed by atoms with Crippen molar-refractivity contribution in [2.75, 3.05) is 13.2 Å². The maximum Gasteiger partial charge on any atom is 0.306 e. The summed E-state index contributed by atoms with van der Waals surface area (Å²) in [7, 11) is 0. The Labute approximate surface area is 486 Å². The monoisotopic (exact) mass is 1090 g/mol. The molecule has 0 aliphatic rings. The fourth-order valence-corrected chi connectivity index (χ4v) is 10.4. The van der Waals surface area contributed by atoms with Gasteiger partial charge in [0.1, 0.15) is 13.2 Å². The van der Waals surface area contributed by atoms with E-state index < -0.39 is 6.10 Å². The van der Waals surface area contributed by atoms with E-state index in [0.717, 1.165) is 83.5 Å². The predicted molar refractivity (Wildman–Crippen MR) is 339 cm³/mol. The molecule has 0 bridgehead atoms. The normalized spacial score (nSPS) is 12.3. The van der Waals surface area contributed by atoms with Gasteiger partial charge in [0.2, 0.25) is 0 Å². The first-order valence-electron chi connectivity index (χ1n) is 34.6. The topological polar surface area (TPSA) is 78.9 Å². The number of ether oxygens (including phenoxy) is 3. The molecule has 6 heteroatoms. The molecule has 0 amide bonds. The summed E-state index contributed by atoms with van der Waals surface area (Å²) in [5.41, 5.74) is 0. The Bertz CT molecular complexity index is 1350. The second-order valence-corrected chi connectivity index (χ2v) is 23.4. The van der Waals surface area contributed by atoms with Crippen LogP contribution in [0.15, 0.2) is 48.6 Å². The number of allylic oxidation sites excluding steroid dienone is 8. The summed E-state index contributed by atoms with van der Waals surface area (Å²) >= 11 is 0. The van der Waals surface area contributed by atoms with Gasteiger partial charge >= 0.3 is 17.9 Å². The molecule has 1 atom stereocenters. The van der Waals surface area contributed by atoms with Crippen molar-refractivity contribution in [2.24, 2.45) is 0 Å². The molecule has 78 heavy (non-hydrogen) atoms. The van der Waals surface area contributed by atoms with Crippen molar-refractivity contribution in [3.8, 4) is 0 Å². The van der Waals surface area contributed by atoms with E-state index in [4.69, 9.17) is 14.2 Å². The van der Waals surface area contributed by atoms with Gasteiger partial charge in [-0.3, -0.25) is 14.4 Å². The molecule has 0 aliphatic heterocycles. The molecule has 0 fully saturated rings. The SMILES string of the molecule is CC/C=C\C/C=C\C/C=C\C/C=C\CCCCCCCCCCCCC(=O)OC(COC(=O)CCCCCCCC)COC(=O)CCCCCCCCCCCCCCCCCCCCCCCCCCCCCCCCC. The lowest BCUT2D eigenvalue weighted by molar-refractivity contribution is -0.167. The molecule has 0 heterocycles. The molecular formula is C72H132O6. The average molecular weight is 1090 g/mol. The lowest BCUT2D eigenvalue weighted by Gasteiger charge is -2.18. The van der Waals surface area contributed by atoms with Crippen LogP contribution in [0.4, 0.5) is 0 Å². The first-order chi connectivity index (χ1) is 38.5. The minimum atomic E-state index is -0.771. The van der Waals surface area contributed by atoms with Gasteiger partial charge in [-0.1, -0.05) is 345 Å². The summed E-state index contributed by atoms with van der Waals surface area (Å²) in [6.07, 6.45) is 84.8. The summed E-state index contributed by atoms with van der Waals surface area (Å²) in [4.78, 5) is 38.1. The number of hydrogen-bond donors (Lipinski definition) is 0. The fraction of sp³-hybridized carbons (Fsp3) is 0.847. The van der Waals surface area contributed by atoms with Crippen LogP contribution in [0.25, 0.3) is 0 Å². The second-order valence-electron chi connectivity index (χ2n) is 23.4. The highest BCUT2D eigenvalue weighted by atomic mass is 16.6. The molecule has 456 valence electrons. The fourth-order valence-electron chi connectivity index (χ4n) is 10.4. The lowest BCUT2D eigenvalue weighted by Crippen LogP contribution is -2.30. The highest BCUT2D eigenvalue weighted by Crippen LogP contribution is 2.19. The van der Waals surface area contributed by atoms with Crippen LogP contribution in [0.3, 0.4) is 0 Å². The van der Waals surface area contributed by atoms with Crippen molar-refractivity contribution in [2.45, 2.75) is 380 Å². The number of rotatable bonds is 64. The quantitative estimate of drug-likeness (QED) is 0.0261. The number of carbonyl (C=O) groups is 3. The van der Waals surface area contributed by atoms with Crippen molar-refractivity contribution in [1.29, 1.82) is 0 Å². The third kappa shape index (κ3) is 64.2. The van der Waals surface area contributed by atoms with Crippen LogP contribution < -0.4 is 0 Å². The summed E-state index contributed by atoms with van der Waals surface area (Å²) in [5, 5.41) is 0. The largest absolute Gasteiger partial charge is 0.462 e. The van der Waals surface area contributed by atoms with Gasteiger partial charge in [-0.25, -0.2) is 0 Å². The minimum absolute atomic E-state index is 0.0705. The van der Waals surface area contributed by atoms with Gasteiger partial charge in [0, 0.05) is 19.3 Å². The van der Waals surface area contributed by atoms with Crippen molar-refractivity contribution in [3.63, 3.8) is 0 Å². The van der Waals surface area contributed by atoms with E-state index in [1.165, 1.54) is 250 Å². The molecule has 1 unspecified atom stereocenters. The number of hydrogen-bond acceptors (Lipinski definition) is 6. The number of unbranched alkanes of at least 4 members (excludes halogenated alkanes) is 45. The Morgan fingerprint density at radius 1 is 0.269 bits per heavy atom. The average Bonchev–Trinajstić information content (AvgIpc) is 3.44. The highest BCUT2D eigenvalue weighted by Gasteiger charge is 2.19. The first-order valence-corrected chi connectivity index (χ1v) is 34.6. The van der Waals surface area contributed by atoms with Crippen LogP contribution in [-0.4, -0.2) is 37.2 Å². The van der Waals surface area contributed by atoms with Crippen LogP contribution in [0.5, 0.6) is 0 Å².